The van der Waals surface area contributed by atoms with Crippen molar-refractivity contribution in [3.63, 3.8) is 0 Å². The van der Waals surface area contributed by atoms with Crippen LogP contribution in [0.2, 0.25) is 0 Å². The number of nitrogens with zero attached hydrogens (tertiary/aromatic N) is 1. The molecule has 2 N–H and O–H groups in total. The van der Waals surface area contributed by atoms with Crippen molar-refractivity contribution in [2.24, 2.45) is 5.92 Å². The first-order chi connectivity index (χ1) is 9.32. The van der Waals surface area contributed by atoms with E-state index in [1.807, 2.05) is 12.1 Å². The van der Waals surface area contributed by atoms with Crippen molar-refractivity contribution >= 4 is 21.8 Å². The summed E-state index contributed by atoms with van der Waals surface area (Å²) in [6.45, 7) is 4.64. The first-order valence-corrected chi connectivity index (χ1v) is 7.53. The van der Waals surface area contributed by atoms with Crippen LogP contribution >= 0.6 is 15.9 Å². The Kier molecular flexibility index (Phi) is 6.49. The van der Waals surface area contributed by atoms with Gasteiger partial charge in [0.1, 0.15) is 5.75 Å². The lowest BCUT2D eigenvalue weighted by Gasteiger charge is -2.23. The summed E-state index contributed by atoms with van der Waals surface area (Å²) in [5.41, 5.74) is 0.777. The van der Waals surface area contributed by atoms with Crippen molar-refractivity contribution in [3.05, 3.63) is 28.2 Å². The number of benzene rings is 1. The SMILES string of the molecule is CC(C)CC(NCc1cccc(Br)c1O)C(=O)N(C)C. The largest absolute Gasteiger partial charge is 0.506 e. The number of carbonyl (C=O) groups excluding carboxylic acids is 1. The number of hydrogen-bond donors (Lipinski definition) is 2. The highest BCUT2D eigenvalue weighted by Crippen LogP contribution is 2.27. The summed E-state index contributed by atoms with van der Waals surface area (Å²) < 4.78 is 0.663. The summed E-state index contributed by atoms with van der Waals surface area (Å²) in [5.74, 6) is 0.710. The molecule has 1 atom stereocenters. The lowest BCUT2D eigenvalue weighted by molar-refractivity contribution is -0.131. The Labute approximate surface area is 129 Å². The van der Waals surface area contributed by atoms with Gasteiger partial charge in [-0.25, -0.2) is 0 Å². The molecule has 1 unspecified atom stereocenters. The molecule has 0 aliphatic rings. The highest BCUT2D eigenvalue weighted by molar-refractivity contribution is 9.10. The van der Waals surface area contributed by atoms with E-state index in [1.165, 1.54) is 0 Å². The van der Waals surface area contributed by atoms with E-state index in [-0.39, 0.29) is 17.7 Å². The van der Waals surface area contributed by atoms with Crippen LogP contribution in [-0.2, 0) is 11.3 Å². The monoisotopic (exact) mass is 342 g/mol. The van der Waals surface area contributed by atoms with Gasteiger partial charge in [-0.3, -0.25) is 4.79 Å². The van der Waals surface area contributed by atoms with Gasteiger partial charge in [0.15, 0.2) is 0 Å². The lowest BCUT2D eigenvalue weighted by Crippen LogP contribution is -2.44. The number of para-hydroxylation sites is 1. The molecule has 0 radical (unpaired) electrons. The zero-order chi connectivity index (χ0) is 15.3. The Morgan fingerprint density at radius 3 is 2.60 bits per heavy atom. The van der Waals surface area contributed by atoms with Gasteiger partial charge in [0, 0.05) is 26.2 Å². The summed E-state index contributed by atoms with van der Waals surface area (Å²) in [6.07, 6.45) is 0.770. The van der Waals surface area contributed by atoms with Crippen LogP contribution in [0.3, 0.4) is 0 Å². The fourth-order valence-corrected chi connectivity index (χ4v) is 2.40. The van der Waals surface area contributed by atoms with Crippen LogP contribution in [0.15, 0.2) is 22.7 Å². The van der Waals surface area contributed by atoms with Gasteiger partial charge in [-0.15, -0.1) is 0 Å². The van der Waals surface area contributed by atoms with Crippen molar-refractivity contribution in [1.82, 2.24) is 10.2 Å². The molecule has 4 nitrogen and oxygen atoms in total. The number of phenolic OH excluding ortho intramolecular Hbond substituents is 1. The molecular weight excluding hydrogens is 320 g/mol. The average Bonchev–Trinajstić information content (AvgIpc) is 2.37. The number of likely N-dealkylation sites (N-methyl/N-ethyl adjacent to an activating group) is 1. The van der Waals surface area contributed by atoms with Crippen LogP contribution in [0.1, 0.15) is 25.8 Å². The fraction of sp³-hybridized carbons (Fsp3) is 0.533. The van der Waals surface area contributed by atoms with Crippen LogP contribution in [-0.4, -0.2) is 36.1 Å². The molecule has 0 bridgehead atoms. The number of rotatable bonds is 6. The van der Waals surface area contributed by atoms with Gasteiger partial charge in [0.25, 0.3) is 0 Å². The maximum atomic E-state index is 12.1. The average molecular weight is 343 g/mol. The molecule has 0 aliphatic carbocycles. The molecule has 0 heterocycles. The maximum Gasteiger partial charge on any atom is 0.239 e. The third-order valence-corrected chi connectivity index (χ3v) is 3.70. The van der Waals surface area contributed by atoms with Crippen LogP contribution < -0.4 is 5.32 Å². The van der Waals surface area contributed by atoms with Crippen molar-refractivity contribution in [2.45, 2.75) is 32.9 Å². The zero-order valence-electron chi connectivity index (χ0n) is 12.5. The Balaban J connectivity index is 2.75. The van der Waals surface area contributed by atoms with E-state index in [0.29, 0.717) is 16.9 Å². The first-order valence-electron chi connectivity index (χ1n) is 6.73. The first kappa shape index (κ1) is 17.0. The summed E-state index contributed by atoms with van der Waals surface area (Å²) in [6, 6.07) is 5.27. The third-order valence-electron chi connectivity index (χ3n) is 3.06. The summed E-state index contributed by atoms with van der Waals surface area (Å²) in [4.78, 5) is 13.7. The van der Waals surface area contributed by atoms with E-state index in [1.54, 1.807) is 25.1 Å². The minimum atomic E-state index is -0.233. The highest BCUT2D eigenvalue weighted by atomic mass is 79.9. The minimum Gasteiger partial charge on any atom is -0.506 e. The number of carbonyl (C=O) groups is 1. The van der Waals surface area contributed by atoms with Crippen molar-refractivity contribution < 1.29 is 9.90 Å². The van der Waals surface area contributed by atoms with Gasteiger partial charge in [0.05, 0.1) is 10.5 Å². The van der Waals surface area contributed by atoms with E-state index < -0.39 is 0 Å². The second-order valence-electron chi connectivity index (χ2n) is 5.54. The molecule has 0 spiro atoms. The molecule has 1 aromatic carbocycles. The third kappa shape index (κ3) is 4.80. The fourth-order valence-electron chi connectivity index (χ4n) is 1.99. The number of amides is 1. The number of hydrogen-bond acceptors (Lipinski definition) is 3. The molecule has 0 aromatic heterocycles. The number of phenols is 1. The molecule has 1 amide bonds. The Morgan fingerprint density at radius 2 is 2.05 bits per heavy atom. The molecule has 5 heteroatoms. The van der Waals surface area contributed by atoms with E-state index in [0.717, 1.165) is 12.0 Å². The Hall–Kier alpha value is -1.07. The molecule has 0 fully saturated rings. The Bertz CT molecular complexity index is 461. The molecule has 1 aromatic rings. The van der Waals surface area contributed by atoms with E-state index in [4.69, 9.17) is 0 Å². The molecule has 112 valence electrons. The van der Waals surface area contributed by atoms with Gasteiger partial charge < -0.3 is 15.3 Å². The molecule has 0 saturated heterocycles. The second kappa shape index (κ2) is 7.64. The van der Waals surface area contributed by atoms with Crippen LogP contribution in [0.5, 0.6) is 5.75 Å². The topological polar surface area (TPSA) is 52.6 Å². The molecule has 0 aliphatic heterocycles. The van der Waals surface area contributed by atoms with E-state index in [9.17, 15) is 9.90 Å². The lowest BCUT2D eigenvalue weighted by atomic mass is 10.0. The maximum absolute atomic E-state index is 12.1. The summed E-state index contributed by atoms with van der Waals surface area (Å²) in [7, 11) is 3.52. The molecular formula is C15H23BrN2O2. The number of nitrogens with one attached hydrogen (secondary N) is 1. The Morgan fingerprint density at radius 1 is 1.40 bits per heavy atom. The summed E-state index contributed by atoms with van der Waals surface area (Å²) >= 11 is 3.29. The normalized spacial score (nSPS) is 12.5. The number of aromatic hydroxyl groups is 1. The van der Waals surface area contributed by atoms with Crippen molar-refractivity contribution in [2.75, 3.05) is 14.1 Å². The molecule has 20 heavy (non-hydrogen) atoms. The predicted octanol–water partition coefficient (Wildman–Crippen LogP) is 2.75. The van der Waals surface area contributed by atoms with Crippen LogP contribution in [0.4, 0.5) is 0 Å². The van der Waals surface area contributed by atoms with Gasteiger partial charge in [-0.1, -0.05) is 26.0 Å². The van der Waals surface area contributed by atoms with Gasteiger partial charge in [0.2, 0.25) is 5.91 Å². The van der Waals surface area contributed by atoms with E-state index >= 15 is 0 Å². The summed E-state index contributed by atoms with van der Waals surface area (Å²) in [5, 5.41) is 13.2. The molecule has 1 rings (SSSR count). The highest BCUT2D eigenvalue weighted by Gasteiger charge is 2.21. The quantitative estimate of drug-likeness (QED) is 0.835. The standard InChI is InChI=1S/C15H23BrN2O2/c1-10(2)8-13(15(20)18(3)4)17-9-11-6-5-7-12(16)14(11)19/h5-7,10,13,17,19H,8-9H2,1-4H3. The van der Waals surface area contributed by atoms with E-state index in [2.05, 4.69) is 35.1 Å². The second-order valence-corrected chi connectivity index (χ2v) is 6.40. The van der Waals surface area contributed by atoms with Gasteiger partial charge in [-0.05, 0) is 34.3 Å². The van der Waals surface area contributed by atoms with Gasteiger partial charge in [-0.2, -0.15) is 0 Å². The zero-order valence-corrected chi connectivity index (χ0v) is 14.1. The van der Waals surface area contributed by atoms with Crippen LogP contribution in [0, 0.1) is 5.92 Å². The smallest absolute Gasteiger partial charge is 0.239 e. The predicted molar refractivity (Wildman–Crippen MR) is 84.6 cm³/mol. The van der Waals surface area contributed by atoms with Crippen molar-refractivity contribution in [3.8, 4) is 5.75 Å². The van der Waals surface area contributed by atoms with Crippen LogP contribution in [0.25, 0.3) is 0 Å². The van der Waals surface area contributed by atoms with Gasteiger partial charge >= 0.3 is 0 Å². The van der Waals surface area contributed by atoms with Crippen molar-refractivity contribution in [1.29, 1.82) is 0 Å². The molecule has 0 saturated carbocycles. The minimum absolute atomic E-state index is 0.0631. The number of halogens is 1.